The van der Waals surface area contributed by atoms with Crippen molar-refractivity contribution in [3.8, 4) is 0 Å². The Labute approximate surface area is 199 Å². The van der Waals surface area contributed by atoms with Crippen LogP contribution in [-0.2, 0) is 23.1 Å². The molecule has 174 valence electrons. The number of hydrogen-bond donors (Lipinski definition) is 2. The number of anilines is 1. The van der Waals surface area contributed by atoms with Crippen molar-refractivity contribution < 1.29 is 13.2 Å². The van der Waals surface area contributed by atoms with Gasteiger partial charge in [0.25, 0.3) is 15.9 Å². The number of likely N-dealkylation sites (N-methyl/N-ethyl adjacent to an activating group) is 1. The molecule has 1 amide bonds. The summed E-state index contributed by atoms with van der Waals surface area (Å²) in [5.74, 6) is -0.202. The molecule has 0 atom stereocenters. The van der Waals surface area contributed by atoms with Crippen molar-refractivity contribution in [2.75, 3.05) is 37.9 Å². The Morgan fingerprint density at radius 1 is 0.970 bits per heavy atom. The number of rotatable bonds is 8. The second-order valence-corrected chi connectivity index (χ2v) is 11.1. The molecule has 0 saturated carbocycles. The van der Waals surface area contributed by atoms with Crippen LogP contribution in [0.15, 0.2) is 70.3 Å². The lowest BCUT2D eigenvalue weighted by atomic mass is 10.1. The third-order valence-corrected chi connectivity index (χ3v) is 8.38. The molecule has 7 nitrogen and oxygen atoms in total. The highest BCUT2D eigenvalue weighted by molar-refractivity contribution is 7.94. The molecule has 2 N–H and O–H groups in total. The Kier molecular flexibility index (Phi) is 7.44. The van der Waals surface area contributed by atoms with E-state index >= 15 is 0 Å². The molecule has 0 spiro atoms. The van der Waals surface area contributed by atoms with Gasteiger partial charge in [-0.2, -0.15) is 0 Å². The number of sulfonamides is 1. The van der Waals surface area contributed by atoms with E-state index < -0.39 is 10.0 Å². The average Bonchev–Trinajstić information content (AvgIpc) is 3.36. The molecule has 0 aliphatic carbocycles. The van der Waals surface area contributed by atoms with Gasteiger partial charge in [0.1, 0.15) is 4.21 Å². The summed E-state index contributed by atoms with van der Waals surface area (Å²) in [7, 11) is -1.45. The number of carbonyl (C=O) groups is 1. The lowest BCUT2D eigenvalue weighted by Crippen LogP contribution is -2.43. The minimum absolute atomic E-state index is 0.202. The number of thiophene rings is 1. The minimum atomic E-state index is -3.60. The standard InChI is InChI=1S/C24H28N4O3S2/c1-27-11-13-28(14-12-27)18-20-5-2-4-19(16-20)17-25-24(29)21-7-9-22(10-8-21)26-33(30,31)23-6-3-15-32-23/h2-10,15-16,26H,11-14,17-18H2,1H3,(H,25,29). The zero-order valence-electron chi connectivity index (χ0n) is 18.5. The van der Waals surface area contributed by atoms with E-state index in [1.54, 1.807) is 41.8 Å². The highest BCUT2D eigenvalue weighted by Gasteiger charge is 2.16. The minimum Gasteiger partial charge on any atom is -0.348 e. The highest BCUT2D eigenvalue weighted by Crippen LogP contribution is 2.20. The van der Waals surface area contributed by atoms with E-state index in [4.69, 9.17) is 0 Å². The van der Waals surface area contributed by atoms with Gasteiger partial charge in [-0.15, -0.1) is 11.3 Å². The molecule has 0 bridgehead atoms. The van der Waals surface area contributed by atoms with Gasteiger partial charge in [-0.1, -0.05) is 30.3 Å². The predicted molar refractivity (Wildman–Crippen MR) is 132 cm³/mol. The normalized spacial score (nSPS) is 15.3. The van der Waals surface area contributed by atoms with Crippen LogP contribution in [0.5, 0.6) is 0 Å². The van der Waals surface area contributed by atoms with E-state index in [0.29, 0.717) is 17.8 Å². The van der Waals surface area contributed by atoms with Crippen LogP contribution in [0.1, 0.15) is 21.5 Å². The second-order valence-electron chi connectivity index (χ2n) is 8.20. The van der Waals surface area contributed by atoms with E-state index in [-0.39, 0.29) is 10.1 Å². The number of nitrogens with zero attached hydrogens (tertiary/aromatic N) is 2. The molecule has 1 fully saturated rings. The van der Waals surface area contributed by atoms with Crippen LogP contribution in [0, 0.1) is 0 Å². The summed E-state index contributed by atoms with van der Waals surface area (Å²) in [5.41, 5.74) is 3.18. The van der Waals surface area contributed by atoms with Crippen molar-refractivity contribution in [2.45, 2.75) is 17.3 Å². The van der Waals surface area contributed by atoms with E-state index in [0.717, 1.165) is 49.6 Å². The summed E-state index contributed by atoms with van der Waals surface area (Å²) >= 11 is 1.15. The van der Waals surface area contributed by atoms with Crippen LogP contribution < -0.4 is 10.0 Å². The molecule has 3 aromatic rings. The highest BCUT2D eigenvalue weighted by atomic mass is 32.2. The summed E-state index contributed by atoms with van der Waals surface area (Å²) in [6.07, 6.45) is 0. The van der Waals surface area contributed by atoms with Crippen molar-refractivity contribution in [3.63, 3.8) is 0 Å². The maximum absolute atomic E-state index is 12.6. The van der Waals surface area contributed by atoms with E-state index in [2.05, 4.69) is 39.0 Å². The van der Waals surface area contributed by atoms with Crippen molar-refractivity contribution in [2.24, 2.45) is 0 Å². The molecule has 1 saturated heterocycles. The van der Waals surface area contributed by atoms with Gasteiger partial charge >= 0.3 is 0 Å². The number of hydrogen-bond acceptors (Lipinski definition) is 6. The molecular formula is C24H28N4O3S2. The first kappa shape index (κ1) is 23.4. The van der Waals surface area contributed by atoms with Crippen LogP contribution in [-0.4, -0.2) is 57.4 Å². The zero-order valence-corrected chi connectivity index (χ0v) is 20.2. The molecule has 1 aromatic heterocycles. The smallest absolute Gasteiger partial charge is 0.271 e. The molecular weight excluding hydrogens is 456 g/mol. The van der Waals surface area contributed by atoms with E-state index in [1.165, 1.54) is 5.56 Å². The quantitative estimate of drug-likeness (QED) is 0.513. The lowest BCUT2D eigenvalue weighted by Gasteiger charge is -2.32. The predicted octanol–water partition coefficient (Wildman–Crippen LogP) is 3.23. The van der Waals surface area contributed by atoms with Gasteiger partial charge in [0.05, 0.1) is 0 Å². The first-order valence-corrected chi connectivity index (χ1v) is 13.2. The number of nitrogens with one attached hydrogen (secondary N) is 2. The Bertz CT molecular complexity index is 1170. The first-order chi connectivity index (χ1) is 15.9. The Morgan fingerprint density at radius 3 is 2.39 bits per heavy atom. The average molecular weight is 485 g/mol. The summed E-state index contributed by atoms with van der Waals surface area (Å²) in [5, 5.41) is 4.66. The number of piperazine rings is 1. The van der Waals surface area contributed by atoms with Crippen LogP contribution in [0.4, 0.5) is 5.69 Å². The molecule has 4 rings (SSSR count). The monoisotopic (exact) mass is 484 g/mol. The maximum Gasteiger partial charge on any atom is 0.271 e. The van der Waals surface area contributed by atoms with Crippen molar-refractivity contribution in [1.82, 2.24) is 15.1 Å². The van der Waals surface area contributed by atoms with Gasteiger partial charge < -0.3 is 10.2 Å². The SMILES string of the molecule is CN1CCN(Cc2cccc(CNC(=O)c3ccc(NS(=O)(=O)c4cccs4)cc3)c2)CC1. The number of benzene rings is 2. The number of amides is 1. The molecule has 2 heterocycles. The molecule has 0 radical (unpaired) electrons. The van der Waals surface area contributed by atoms with Crippen LogP contribution in [0.3, 0.4) is 0 Å². The number of carbonyl (C=O) groups excluding carboxylic acids is 1. The Morgan fingerprint density at radius 2 is 1.70 bits per heavy atom. The van der Waals surface area contributed by atoms with Gasteiger partial charge in [-0.05, 0) is 53.9 Å². The van der Waals surface area contributed by atoms with Crippen molar-refractivity contribution in [3.05, 3.63) is 82.7 Å². The molecule has 1 aliphatic heterocycles. The molecule has 0 unspecified atom stereocenters. The Balaban J connectivity index is 1.31. The third kappa shape index (κ3) is 6.42. The van der Waals surface area contributed by atoms with Crippen LogP contribution in [0.25, 0.3) is 0 Å². The fraction of sp³-hybridized carbons (Fsp3) is 0.292. The van der Waals surface area contributed by atoms with Gasteiger partial charge in [0.2, 0.25) is 0 Å². The van der Waals surface area contributed by atoms with E-state index in [9.17, 15) is 13.2 Å². The third-order valence-electron chi connectivity index (χ3n) is 5.61. The van der Waals surface area contributed by atoms with Crippen molar-refractivity contribution >= 4 is 33.0 Å². The fourth-order valence-corrected chi connectivity index (χ4v) is 5.75. The van der Waals surface area contributed by atoms with Gasteiger partial charge in [0, 0.05) is 50.5 Å². The van der Waals surface area contributed by atoms with Gasteiger partial charge in [-0.25, -0.2) is 8.42 Å². The molecule has 1 aliphatic rings. The van der Waals surface area contributed by atoms with Crippen molar-refractivity contribution in [1.29, 1.82) is 0 Å². The topological polar surface area (TPSA) is 81.8 Å². The maximum atomic E-state index is 12.6. The van der Waals surface area contributed by atoms with Gasteiger partial charge in [-0.3, -0.25) is 14.4 Å². The summed E-state index contributed by atoms with van der Waals surface area (Å²) in [6, 6.07) is 18.0. The molecule has 33 heavy (non-hydrogen) atoms. The summed E-state index contributed by atoms with van der Waals surface area (Å²) in [6.45, 7) is 5.66. The summed E-state index contributed by atoms with van der Waals surface area (Å²) < 4.78 is 27.4. The molecule has 2 aromatic carbocycles. The van der Waals surface area contributed by atoms with E-state index in [1.807, 2.05) is 12.1 Å². The van der Waals surface area contributed by atoms with Gasteiger partial charge in [0.15, 0.2) is 0 Å². The molecule has 9 heteroatoms. The first-order valence-electron chi connectivity index (χ1n) is 10.8. The zero-order chi connectivity index (χ0) is 23.3. The fourth-order valence-electron chi connectivity index (χ4n) is 3.70. The Hall–Kier alpha value is -2.72. The second kappa shape index (κ2) is 10.5. The lowest BCUT2D eigenvalue weighted by molar-refractivity contribution is 0.0951. The largest absolute Gasteiger partial charge is 0.348 e. The summed E-state index contributed by atoms with van der Waals surface area (Å²) in [4.78, 5) is 17.4. The van der Waals surface area contributed by atoms with Crippen LogP contribution in [0.2, 0.25) is 0 Å². The van der Waals surface area contributed by atoms with Crippen LogP contribution >= 0.6 is 11.3 Å².